The Balaban J connectivity index is 2.57. The first-order valence-corrected chi connectivity index (χ1v) is 5.53. The van der Waals surface area contributed by atoms with Gasteiger partial charge in [0.1, 0.15) is 11.8 Å². The summed E-state index contributed by atoms with van der Waals surface area (Å²) in [7, 11) is 0. The summed E-state index contributed by atoms with van der Waals surface area (Å²) < 4.78 is 5.19. The highest BCUT2D eigenvalue weighted by molar-refractivity contribution is 5.77. The highest BCUT2D eigenvalue weighted by Gasteiger charge is 2.17. The first-order valence-electron chi connectivity index (χ1n) is 5.53. The summed E-state index contributed by atoms with van der Waals surface area (Å²) in [5.41, 5.74) is 6.79. The average molecular weight is 221 g/mol. The highest BCUT2D eigenvalue weighted by Crippen LogP contribution is 2.14. The van der Waals surface area contributed by atoms with E-state index in [0.29, 0.717) is 18.1 Å². The molecule has 3 heteroatoms. The molecule has 0 fully saturated rings. The van der Waals surface area contributed by atoms with Crippen LogP contribution in [0.5, 0.6) is 5.75 Å². The van der Waals surface area contributed by atoms with E-state index in [2.05, 4.69) is 0 Å². The van der Waals surface area contributed by atoms with Gasteiger partial charge in [-0.05, 0) is 37.0 Å². The predicted octanol–water partition coefficient (Wildman–Crippen LogP) is 2.27. The number of rotatable bonds is 4. The van der Waals surface area contributed by atoms with Gasteiger partial charge in [-0.15, -0.1) is 0 Å². The summed E-state index contributed by atoms with van der Waals surface area (Å²) in [6.07, 6.45) is 0.644. The van der Waals surface area contributed by atoms with Crippen LogP contribution in [0.25, 0.3) is 0 Å². The van der Waals surface area contributed by atoms with Gasteiger partial charge in [0.05, 0.1) is 0 Å². The molecule has 88 valence electrons. The summed E-state index contributed by atoms with van der Waals surface area (Å²) in [5.74, 6) is 0.587. The molecule has 0 aliphatic heterocycles. The summed E-state index contributed by atoms with van der Waals surface area (Å²) in [6.45, 7) is 6.00. The van der Waals surface area contributed by atoms with E-state index < -0.39 is 6.04 Å². The molecule has 0 saturated heterocycles. The van der Waals surface area contributed by atoms with Crippen LogP contribution in [0.2, 0.25) is 0 Å². The van der Waals surface area contributed by atoms with E-state index in [0.717, 1.165) is 5.56 Å². The number of ether oxygens (including phenoxy) is 1. The lowest BCUT2D eigenvalue weighted by Gasteiger charge is -2.13. The van der Waals surface area contributed by atoms with Gasteiger partial charge < -0.3 is 10.5 Å². The molecule has 1 rings (SSSR count). The first kappa shape index (κ1) is 12.7. The lowest BCUT2D eigenvalue weighted by molar-refractivity contribution is -0.136. The van der Waals surface area contributed by atoms with Crippen molar-refractivity contribution in [2.24, 2.45) is 11.7 Å². The molecular weight excluding hydrogens is 202 g/mol. The van der Waals surface area contributed by atoms with Crippen molar-refractivity contribution in [1.82, 2.24) is 0 Å². The molecule has 0 bridgehead atoms. The van der Waals surface area contributed by atoms with E-state index in [1.54, 1.807) is 6.07 Å². The van der Waals surface area contributed by atoms with Crippen LogP contribution in [0, 0.1) is 12.8 Å². The molecule has 16 heavy (non-hydrogen) atoms. The van der Waals surface area contributed by atoms with E-state index in [9.17, 15) is 4.79 Å². The van der Waals surface area contributed by atoms with E-state index >= 15 is 0 Å². The second-order valence-corrected chi connectivity index (χ2v) is 4.47. The third kappa shape index (κ3) is 4.03. The number of hydrogen-bond donors (Lipinski definition) is 1. The molecular formula is C13H19NO2. The number of hydrogen-bond acceptors (Lipinski definition) is 3. The number of carbonyl (C=O) groups excluding carboxylic acids is 1. The zero-order valence-electron chi connectivity index (χ0n) is 10.1. The zero-order chi connectivity index (χ0) is 12.1. The van der Waals surface area contributed by atoms with Gasteiger partial charge in [-0.2, -0.15) is 0 Å². The second kappa shape index (κ2) is 5.66. The molecule has 0 aliphatic carbocycles. The Bertz CT molecular complexity index is 361. The van der Waals surface area contributed by atoms with E-state index in [4.69, 9.17) is 10.5 Å². The molecule has 1 aromatic carbocycles. The fraction of sp³-hybridized carbons (Fsp3) is 0.462. The number of nitrogens with two attached hydrogens (primary N) is 1. The van der Waals surface area contributed by atoms with Crippen LogP contribution < -0.4 is 10.5 Å². The van der Waals surface area contributed by atoms with Crippen molar-refractivity contribution in [3.05, 3.63) is 29.8 Å². The van der Waals surface area contributed by atoms with Gasteiger partial charge in [0.25, 0.3) is 0 Å². The van der Waals surface area contributed by atoms with Crippen LogP contribution in [0.4, 0.5) is 0 Å². The molecule has 0 spiro atoms. The molecule has 2 N–H and O–H groups in total. The number of aryl methyl sites for hydroxylation is 1. The van der Waals surface area contributed by atoms with E-state index in [1.165, 1.54) is 0 Å². The minimum Gasteiger partial charge on any atom is -0.425 e. The van der Waals surface area contributed by atoms with Crippen LogP contribution in [0.1, 0.15) is 25.8 Å². The van der Waals surface area contributed by atoms with Crippen LogP contribution in [0.3, 0.4) is 0 Å². The second-order valence-electron chi connectivity index (χ2n) is 4.47. The normalized spacial score (nSPS) is 12.6. The van der Waals surface area contributed by atoms with Crippen molar-refractivity contribution in [3.8, 4) is 5.75 Å². The zero-order valence-corrected chi connectivity index (χ0v) is 10.1. The molecule has 1 aromatic rings. The quantitative estimate of drug-likeness (QED) is 0.627. The third-order valence-electron chi connectivity index (χ3n) is 2.24. The van der Waals surface area contributed by atoms with E-state index in [1.807, 2.05) is 39.0 Å². The van der Waals surface area contributed by atoms with Gasteiger partial charge in [-0.1, -0.05) is 26.0 Å². The van der Waals surface area contributed by atoms with Gasteiger partial charge in [-0.3, -0.25) is 0 Å². The molecule has 0 aromatic heterocycles. The SMILES string of the molecule is Cc1cccc(OC(=O)[C@@H](N)CC(C)C)c1. The van der Waals surface area contributed by atoms with Crippen molar-refractivity contribution >= 4 is 5.97 Å². The van der Waals surface area contributed by atoms with Gasteiger partial charge >= 0.3 is 5.97 Å². The number of esters is 1. The predicted molar refractivity (Wildman–Crippen MR) is 64.2 cm³/mol. The lowest BCUT2D eigenvalue weighted by atomic mass is 10.1. The maximum atomic E-state index is 11.6. The fourth-order valence-electron chi connectivity index (χ4n) is 1.47. The first-order chi connectivity index (χ1) is 7.49. The highest BCUT2D eigenvalue weighted by atomic mass is 16.5. The molecule has 1 atom stereocenters. The molecule has 0 unspecified atom stereocenters. The summed E-state index contributed by atoms with van der Waals surface area (Å²) >= 11 is 0. The summed E-state index contributed by atoms with van der Waals surface area (Å²) in [5, 5.41) is 0. The van der Waals surface area contributed by atoms with Gasteiger partial charge in [0.2, 0.25) is 0 Å². The third-order valence-corrected chi connectivity index (χ3v) is 2.24. The van der Waals surface area contributed by atoms with Crippen LogP contribution in [-0.2, 0) is 4.79 Å². The van der Waals surface area contributed by atoms with Gasteiger partial charge in [0.15, 0.2) is 0 Å². The molecule has 0 aliphatic rings. The Morgan fingerprint density at radius 1 is 1.44 bits per heavy atom. The van der Waals surface area contributed by atoms with E-state index in [-0.39, 0.29) is 5.97 Å². The molecule has 0 radical (unpaired) electrons. The van der Waals surface area contributed by atoms with Crippen LogP contribution >= 0.6 is 0 Å². The lowest BCUT2D eigenvalue weighted by Crippen LogP contribution is -2.35. The standard InChI is InChI=1S/C13H19NO2/c1-9(2)7-12(14)13(15)16-11-6-4-5-10(3)8-11/h4-6,8-9,12H,7,14H2,1-3H3/t12-/m0/s1. The Labute approximate surface area is 96.6 Å². The largest absolute Gasteiger partial charge is 0.425 e. The molecule has 3 nitrogen and oxygen atoms in total. The summed E-state index contributed by atoms with van der Waals surface area (Å²) in [6, 6.07) is 6.84. The molecule has 0 saturated carbocycles. The maximum Gasteiger partial charge on any atom is 0.328 e. The van der Waals surface area contributed by atoms with Crippen molar-refractivity contribution < 1.29 is 9.53 Å². The van der Waals surface area contributed by atoms with Gasteiger partial charge in [-0.25, -0.2) is 4.79 Å². The fourth-order valence-corrected chi connectivity index (χ4v) is 1.47. The monoisotopic (exact) mass is 221 g/mol. The van der Waals surface area contributed by atoms with Crippen molar-refractivity contribution in [2.45, 2.75) is 33.2 Å². The minimum atomic E-state index is -0.541. The van der Waals surface area contributed by atoms with Crippen molar-refractivity contribution in [1.29, 1.82) is 0 Å². The minimum absolute atomic E-state index is 0.362. The Morgan fingerprint density at radius 2 is 2.12 bits per heavy atom. The Hall–Kier alpha value is -1.35. The van der Waals surface area contributed by atoms with Crippen molar-refractivity contribution in [3.63, 3.8) is 0 Å². The van der Waals surface area contributed by atoms with Gasteiger partial charge in [0, 0.05) is 0 Å². The van der Waals surface area contributed by atoms with Crippen molar-refractivity contribution in [2.75, 3.05) is 0 Å². The maximum absolute atomic E-state index is 11.6. The Kier molecular flexibility index (Phi) is 4.50. The average Bonchev–Trinajstić information content (AvgIpc) is 2.16. The smallest absolute Gasteiger partial charge is 0.328 e. The molecule has 0 heterocycles. The Morgan fingerprint density at radius 3 is 2.69 bits per heavy atom. The van der Waals surface area contributed by atoms with Crippen LogP contribution in [0.15, 0.2) is 24.3 Å². The summed E-state index contributed by atoms with van der Waals surface area (Å²) in [4.78, 5) is 11.6. The van der Waals surface area contributed by atoms with Crippen LogP contribution in [-0.4, -0.2) is 12.0 Å². The number of benzene rings is 1. The molecule has 0 amide bonds. The topological polar surface area (TPSA) is 52.3 Å². The number of carbonyl (C=O) groups is 1.